The van der Waals surface area contributed by atoms with Crippen molar-refractivity contribution in [2.45, 2.75) is 53.4 Å². The Hall–Kier alpha value is -1.70. The van der Waals surface area contributed by atoms with Crippen LogP contribution in [0.1, 0.15) is 53.5 Å². The summed E-state index contributed by atoms with van der Waals surface area (Å²) in [6, 6.07) is 14.1. The van der Waals surface area contributed by atoms with Gasteiger partial charge in [-0.05, 0) is 35.2 Å². The molecule has 1 radical (unpaired) electrons. The van der Waals surface area contributed by atoms with Crippen LogP contribution in [0, 0.1) is 22.5 Å². The molecule has 0 saturated carbocycles. The fourth-order valence-corrected chi connectivity index (χ4v) is 3.05. The van der Waals surface area contributed by atoms with Crippen molar-refractivity contribution in [3.8, 4) is 11.5 Å². The van der Waals surface area contributed by atoms with E-state index in [0.717, 1.165) is 12.2 Å². The zero-order chi connectivity index (χ0) is 20.0. The standard InChI is InChI=1S/C20H24NO3.C2H6.Re/c1-19(2,3)14-20(4,5)15-7-6-8-18(13-15)24-17-11-9-16(10-12-17)21(22)23;1-2;/h6-13H,1,14H2,2-5H3;1-2H3;/q-1;;. The third-order valence-corrected chi connectivity index (χ3v) is 3.82. The summed E-state index contributed by atoms with van der Waals surface area (Å²) in [7, 11) is 0. The molecule has 2 aromatic rings. The molecule has 4 nitrogen and oxygen atoms in total. The molecule has 0 amide bonds. The van der Waals surface area contributed by atoms with Crippen LogP contribution in [0.3, 0.4) is 0 Å². The molecular weight excluding hydrogens is 512 g/mol. The molecule has 0 aliphatic rings. The van der Waals surface area contributed by atoms with Crippen molar-refractivity contribution in [2.24, 2.45) is 5.41 Å². The maximum atomic E-state index is 10.7. The Morgan fingerprint density at radius 3 is 2.04 bits per heavy atom. The average molecular weight is 543 g/mol. The van der Waals surface area contributed by atoms with Crippen LogP contribution in [0.4, 0.5) is 5.69 Å². The minimum atomic E-state index is -0.423. The van der Waals surface area contributed by atoms with Crippen molar-refractivity contribution in [1.29, 1.82) is 0 Å². The topological polar surface area (TPSA) is 52.4 Å². The predicted molar refractivity (Wildman–Crippen MR) is 108 cm³/mol. The number of nitro groups is 1. The van der Waals surface area contributed by atoms with E-state index in [4.69, 9.17) is 4.74 Å². The third-order valence-electron chi connectivity index (χ3n) is 3.82. The van der Waals surface area contributed by atoms with Gasteiger partial charge in [-0.3, -0.25) is 10.1 Å². The van der Waals surface area contributed by atoms with Gasteiger partial charge in [-0.2, -0.15) is 5.41 Å². The van der Waals surface area contributed by atoms with Crippen LogP contribution in [0.2, 0.25) is 0 Å². The first-order valence-electron chi connectivity index (χ1n) is 8.95. The van der Waals surface area contributed by atoms with E-state index in [-0.39, 0.29) is 36.9 Å². The summed E-state index contributed by atoms with van der Waals surface area (Å²) in [6.07, 6.45) is 0.945. The molecule has 0 unspecified atom stereocenters. The minimum Gasteiger partial charge on any atom is -0.457 e. The van der Waals surface area contributed by atoms with Gasteiger partial charge in [0.15, 0.2) is 0 Å². The molecular formula is C22H30NO3Re-. The molecule has 2 aromatic carbocycles. The van der Waals surface area contributed by atoms with Crippen LogP contribution in [0.5, 0.6) is 11.5 Å². The number of ether oxygens (including phenoxy) is 1. The number of non-ortho nitro benzene ring substituents is 1. The monoisotopic (exact) mass is 543 g/mol. The van der Waals surface area contributed by atoms with Crippen LogP contribution >= 0.6 is 0 Å². The first kappa shape index (κ1) is 25.3. The Morgan fingerprint density at radius 1 is 1.00 bits per heavy atom. The molecule has 0 bridgehead atoms. The molecule has 0 spiro atoms. The average Bonchev–Trinajstić information content (AvgIpc) is 2.55. The Balaban J connectivity index is 0.00000218. The van der Waals surface area contributed by atoms with E-state index in [2.05, 4.69) is 40.7 Å². The SMILES string of the molecule is CC.[CH2-]C(C)(C)CC(C)(C)c1cccc(Oc2ccc([N+](=O)[O-])cc2)c1.[Re]. The minimum absolute atomic E-state index is 0. The summed E-state index contributed by atoms with van der Waals surface area (Å²) in [5, 5.41) is 10.7. The number of nitro benzene ring substituents is 1. The predicted octanol–water partition coefficient (Wildman–Crippen LogP) is 6.94. The van der Waals surface area contributed by atoms with Gasteiger partial charge < -0.3 is 11.7 Å². The Bertz CT molecular complexity index is 719. The largest absolute Gasteiger partial charge is 0.457 e. The molecule has 0 atom stereocenters. The van der Waals surface area contributed by atoms with Crippen molar-refractivity contribution in [3.05, 3.63) is 71.1 Å². The maximum Gasteiger partial charge on any atom is 0.269 e. The molecule has 0 N–H and O–H groups in total. The van der Waals surface area contributed by atoms with Crippen LogP contribution in [0.25, 0.3) is 0 Å². The molecule has 0 fully saturated rings. The Kier molecular flexibility index (Phi) is 9.92. The third kappa shape index (κ3) is 8.24. The quantitative estimate of drug-likeness (QED) is 0.226. The van der Waals surface area contributed by atoms with E-state index < -0.39 is 4.92 Å². The first-order valence-corrected chi connectivity index (χ1v) is 8.95. The molecule has 0 heterocycles. The number of hydrogen-bond acceptors (Lipinski definition) is 3. The molecule has 2 rings (SSSR count). The van der Waals surface area contributed by atoms with Crippen LogP contribution in [-0.2, 0) is 25.8 Å². The van der Waals surface area contributed by atoms with Gasteiger partial charge in [0.1, 0.15) is 11.5 Å². The summed E-state index contributed by atoms with van der Waals surface area (Å²) in [6.45, 7) is 16.9. The van der Waals surface area contributed by atoms with E-state index in [0.29, 0.717) is 5.75 Å². The van der Waals surface area contributed by atoms with Gasteiger partial charge in [-0.25, -0.2) is 0 Å². The smallest absolute Gasteiger partial charge is 0.269 e. The Labute approximate surface area is 177 Å². The number of rotatable bonds is 6. The van der Waals surface area contributed by atoms with Gasteiger partial charge in [-0.1, -0.05) is 60.1 Å². The number of nitrogens with zero attached hydrogens (tertiary/aromatic N) is 1. The van der Waals surface area contributed by atoms with Gasteiger partial charge in [0.05, 0.1) is 4.92 Å². The molecule has 0 aliphatic heterocycles. The van der Waals surface area contributed by atoms with Crippen molar-refractivity contribution in [3.63, 3.8) is 0 Å². The molecule has 27 heavy (non-hydrogen) atoms. The second-order valence-corrected chi connectivity index (χ2v) is 7.61. The molecule has 5 heteroatoms. The molecule has 149 valence electrons. The number of benzene rings is 2. The second kappa shape index (κ2) is 10.6. The summed E-state index contributed by atoms with van der Waals surface area (Å²) >= 11 is 0. The van der Waals surface area contributed by atoms with Gasteiger partial charge in [0.25, 0.3) is 5.69 Å². The van der Waals surface area contributed by atoms with E-state index in [1.54, 1.807) is 12.1 Å². The molecule has 0 saturated heterocycles. The van der Waals surface area contributed by atoms with Gasteiger partial charge in [-0.15, -0.1) is 0 Å². The first-order chi connectivity index (χ1) is 12.1. The van der Waals surface area contributed by atoms with Crippen molar-refractivity contribution in [1.82, 2.24) is 0 Å². The van der Waals surface area contributed by atoms with Crippen LogP contribution in [0.15, 0.2) is 48.5 Å². The second-order valence-electron chi connectivity index (χ2n) is 7.61. The van der Waals surface area contributed by atoms with E-state index in [1.165, 1.54) is 17.7 Å². The van der Waals surface area contributed by atoms with E-state index in [1.807, 2.05) is 32.0 Å². The fourth-order valence-electron chi connectivity index (χ4n) is 3.05. The fraction of sp³-hybridized carbons (Fsp3) is 0.409. The summed E-state index contributed by atoms with van der Waals surface area (Å²) < 4.78 is 5.84. The molecule has 0 aromatic heterocycles. The normalized spacial score (nSPS) is 10.9. The van der Waals surface area contributed by atoms with Crippen molar-refractivity contribution < 1.29 is 30.1 Å². The maximum absolute atomic E-state index is 10.7. The Morgan fingerprint density at radius 2 is 1.56 bits per heavy atom. The van der Waals surface area contributed by atoms with Gasteiger partial charge in [0, 0.05) is 32.6 Å². The van der Waals surface area contributed by atoms with E-state index in [9.17, 15) is 10.1 Å². The number of hydrogen-bond donors (Lipinski definition) is 0. The van der Waals surface area contributed by atoms with Crippen LogP contribution in [-0.4, -0.2) is 4.92 Å². The zero-order valence-electron chi connectivity index (χ0n) is 17.1. The summed E-state index contributed by atoms with van der Waals surface area (Å²) in [5.74, 6) is 1.30. The molecule has 0 aliphatic carbocycles. The van der Waals surface area contributed by atoms with Gasteiger partial charge in [0.2, 0.25) is 0 Å². The van der Waals surface area contributed by atoms with E-state index >= 15 is 0 Å². The van der Waals surface area contributed by atoms with Crippen LogP contribution < -0.4 is 4.74 Å². The van der Waals surface area contributed by atoms with Crippen molar-refractivity contribution >= 4 is 5.69 Å². The zero-order valence-corrected chi connectivity index (χ0v) is 19.8. The van der Waals surface area contributed by atoms with Crippen molar-refractivity contribution in [2.75, 3.05) is 0 Å². The summed E-state index contributed by atoms with van der Waals surface area (Å²) in [5.41, 5.74) is 1.19. The summed E-state index contributed by atoms with van der Waals surface area (Å²) in [4.78, 5) is 10.3. The van der Waals surface area contributed by atoms with Gasteiger partial charge >= 0.3 is 0 Å².